The van der Waals surface area contributed by atoms with E-state index in [9.17, 15) is 9.59 Å². The first-order valence-electron chi connectivity index (χ1n) is 10.2. The van der Waals surface area contributed by atoms with E-state index < -0.39 is 6.04 Å². The first-order chi connectivity index (χ1) is 13.9. The van der Waals surface area contributed by atoms with Gasteiger partial charge in [-0.2, -0.15) is 0 Å². The van der Waals surface area contributed by atoms with Crippen LogP contribution >= 0.6 is 11.8 Å². The molecule has 0 spiro atoms. The SMILES string of the molecule is CC[C@H](C)NC(=O)[C@H](C)N(CCc1ccccc1)C(=O)CSc1ccc(C)cc1. The van der Waals surface area contributed by atoms with E-state index >= 15 is 0 Å². The van der Waals surface area contributed by atoms with Gasteiger partial charge in [0, 0.05) is 17.5 Å². The van der Waals surface area contributed by atoms with Crippen molar-refractivity contribution in [3.63, 3.8) is 0 Å². The van der Waals surface area contributed by atoms with E-state index in [1.165, 1.54) is 17.3 Å². The average Bonchev–Trinajstić information content (AvgIpc) is 2.73. The standard InChI is InChI=1S/C24H32N2O2S/c1-5-19(3)25-24(28)20(4)26(16-15-21-9-7-6-8-10-21)23(27)17-29-22-13-11-18(2)12-14-22/h6-14,19-20H,5,15-17H2,1-4H3,(H,25,28)/t19-,20-/m0/s1. The van der Waals surface area contributed by atoms with E-state index in [-0.39, 0.29) is 17.9 Å². The number of rotatable bonds is 10. The fourth-order valence-corrected chi connectivity index (χ4v) is 3.68. The summed E-state index contributed by atoms with van der Waals surface area (Å²) >= 11 is 1.51. The van der Waals surface area contributed by atoms with Gasteiger partial charge in [-0.25, -0.2) is 0 Å². The molecule has 0 saturated heterocycles. The van der Waals surface area contributed by atoms with Gasteiger partial charge in [0.2, 0.25) is 11.8 Å². The van der Waals surface area contributed by atoms with Gasteiger partial charge in [0.15, 0.2) is 0 Å². The van der Waals surface area contributed by atoms with E-state index in [1.54, 1.807) is 4.90 Å². The van der Waals surface area contributed by atoms with Gasteiger partial charge in [0.25, 0.3) is 0 Å². The largest absolute Gasteiger partial charge is 0.352 e. The summed E-state index contributed by atoms with van der Waals surface area (Å²) in [6, 6.07) is 17.8. The Morgan fingerprint density at radius 3 is 2.31 bits per heavy atom. The molecule has 0 unspecified atom stereocenters. The summed E-state index contributed by atoms with van der Waals surface area (Å²) in [5, 5.41) is 3.00. The number of hydrogen-bond donors (Lipinski definition) is 1. The minimum absolute atomic E-state index is 0.0155. The van der Waals surface area contributed by atoms with Crippen LogP contribution in [0.4, 0.5) is 0 Å². The van der Waals surface area contributed by atoms with Crippen LogP contribution in [0.5, 0.6) is 0 Å². The number of aryl methyl sites for hydroxylation is 1. The first-order valence-corrected chi connectivity index (χ1v) is 11.2. The van der Waals surface area contributed by atoms with E-state index in [0.717, 1.165) is 23.3 Å². The summed E-state index contributed by atoms with van der Waals surface area (Å²) in [7, 11) is 0. The number of carbonyl (C=O) groups is 2. The van der Waals surface area contributed by atoms with Crippen LogP contribution in [-0.2, 0) is 16.0 Å². The lowest BCUT2D eigenvalue weighted by Crippen LogP contribution is -2.51. The molecule has 2 atom stereocenters. The molecule has 2 rings (SSSR count). The molecule has 2 aromatic carbocycles. The quantitative estimate of drug-likeness (QED) is 0.586. The molecule has 0 aliphatic carbocycles. The van der Waals surface area contributed by atoms with Crippen LogP contribution in [0.25, 0.3) is 0 Å². The Morgan fingerprint density at radius 2 is 1.69 bits per heavy atom. The molecule has 0 heterocycles. The van der Waals surface area contributed by atoms with E-state index in [1.807, 2.05) is 82.3 Å². The van der Waals surface area contributed by atoms with Crippen molar-refractivity contribution in [3.8, 4) is 0 Å². The monoisotopic (exact) mass is 412 g/mol. The Hall–Kier alpha value is -2.27. The zero-order chi connectivity index (χ0) is 21.2. The van der Waals surface area contributed by atoms with Crippen molar-refractivity contribution in [3.05, 3.63) is 65.7 Å². The van der Waals surface area contributed by atoms with E-state index in [0.29, 0.717) is 12.3 Å². The number of nitrogens with zero attached hydrogens (tertiary/aromatic N) is 1. The maximum Gasteiger partial charge on any atom is 0.242 e. The summed E-state index contributed by atoms with van der Waals surface area (Å²) < 4.78 is 0. The molecule has 4 nitrogen and oxygen atoms in total. The zero-order valence-corrected chi connectivity index (χ0v) is 18.7. The number of thioether (sulfide) groups is 1. The molecular formula is C24H32N2O2S. The Morgan fingerprint density at radius 1 is 1.03 bits per heavy atom. The van der Waals surface area contributed by atoms with Gasteiger partial charge in [-0.3, -0.25) is 9.59 Å². The van der Waals surface area contributed by atoms with Crippen LogP contribution in [0.3, 0.4) is 0 Å². The van der Waals surface area contributed by atoms with E-state index in [4.69, 9.17) is 0 Å². The van der Waals surface area contributed by atoms with Gasteiger partial charge in [-0.1, -0.05) is 55.0 Å². The van der Waals surface area contributed by atoms with Gasteiger partial charge in [-0.15, -0.1) is 11.8 Å². The Labute approximate surface area is 179 Å². The maximum absolute atomic E-state index is 13.0. The number of carbonyl (C=O) groups excluding carboxylic acids is 2. The van der Waals surface area contributed by atoms with Crippen LogP contribution in [-0.4, -0.2) is 41.1 Å². The highest BCUT2D eigenvalue weighted by Gasteiger charge is 2.26. The van der Waals surface area contributed by atoms with Gasteiger partial charge < -0.3 is 10.2 Å². The molecule has 0 aliphatic rings. The predicted molar refractivity (Wildman–Crippen MR) is 121 cm³/mol. The number of nitrogens with one attached hydrogen (secondary N) is 1. The summed E-state index contributed by atoms with van der Waals surface area (Å²) in [5.41, 5.74) is 2.35. The third kappa shape index (κ3) is 7.58. The van der Waals surface area contributed by atoms with Gasteiger partial charge in [0.1, 0.15) is 6.04 Å². The maximum atomic E-state index is 13.0. The highest BCUT2D eigenvalue weighted by atomic mass is 32.2. The Bertz CT molecular complexity index is 777. The highest BCUT2D eigenvalue weighted by molar-refractivity contribution is 8.00. The minimum atomic E-state index is -0.501. The van der Waals surface area contributed by atoms with Crippen LogP contribution in [0, 0.1) is 6.92 Å². The van der Waals surface area contributed by atoms with Gasteiger partial charge in [0.05, 0.1) is 5.75 Å². The molecule has 0 fully saturated rings. The summed E-state index contributed by atoms with van der Waals surface area (Å²) in [6.07, 6.45) is 1.59. The molecule has 29 heavy (non-hydrogen) atoms. The van der Waals surface area contributed by atoms with Crippen molar-refractivity contribution >= 4 is 23.6 Å². The summed E-state index contributed by atoms with van der Waals surface area (Å²) in [5.74, 6) is 0.207. The van der Waals surface area contributed by atoms with Crippen LogP contribution in [0.1, 0.15) is 38.3 Å². The summed E-state index contributed by atoms with van der Waals surface area (Å²) in [4.78, 5) is 28.5. The molecule has 0 bridgehead atoms. The summed E-state index contributed by atoms with van der Waals surface area (Å²) in [6.45, 7) is 8.40. The first kappa shape index (κ1) is 23.0. The molecule has 2 aromatic rings. The van der Waals surface area contributed by atoms with Crippen molar-refractivity contribution in [2.45, 2.75) is 57.5 Å². The molecule has 0 aromatic heterocycles. The molecule has 0 saturated carbocycles. The third-order valence-corrected chi connectivity index (χ3v) is 6.03. The molecule has 2 amide bonds. The van der Waals surface area contributed by atoms with Crippen molar-refractivity contribution in [2.75, 3.05) is 12.3 Å². The highest BCUT2D eigenvalue weighted by Crippen LogP contribution is 2.19. The van der Waals surface area contributed by atoms with E-state index in [2.05, 4.69) is 5.32 Å². The molecule has 1 N–H and O–H groups in total. The van der Waals surface area contributed by atoms with Crippen molar-refractivity contribution in [1.82, 2.24) is 10.2 Å². The molecular weight excluding hydrogens is 380 g/mol. The van der Waals surface area contributed by atoms with Crippen molar-refractivity contribution < 1.29 is 9.59 Å². The fourth-order valence-electron chi connectivity index (χ4n) is 2.90. The van der Waals surface area contributed by atoms with Crippen molar-refractivity contribution in [2.24, 2.45) is 0 Å². The lowest BCUT2D eigenvalue weighted by Gasteiger charge is -2.29. The average molecular weight is 413 g/mol. The minimum Gasteiger partial charge on any atom is -0.352 e. The van der Waals surface area contributed by atoms with Crippen LogP contribution in [0.15, 0.2) is 59.5 Å². The zero-order valence-electron chi connectivity index (χ0n) is 17.9. The molecule has 0 aliphatic heterocycles. The normalized spacial score (nSPS) is 12.8. The predicted octanol–water partition coefficient (Wildman–Crippen LogP) is 4.46. The topological polar surface area (TPSA) is 49.4 Å². The smallest absolute Gasteiger partial charge is 0.242 e. The lowest BCUT2D eigenvalue weighted by molar-refractivity contribution is -0.138. The Balaban J connectivity index is 2.05. The lowest BCUT2D eigenvalue weighted by atomic mass is 10.1. The fraction of sp³-hybridized carbons (Fsp3) is 0.417. The van der Waals surface area contributed by atoms with Crippen LogP contribution in [0.2, 0.25) is 0 Å². The second-order valence-corrected chi connectivity index (χ2v) is 8.47. The molecule has 5 heteroatoms. The van der Waals surface area contributed by atoms with Crippen molar-refractivity contribution in [1.29, 1.82) is 0 Å². The second-order valence-electron chi connectivity index (χ2n) is 7.42. The molecule has 156 valence electrons. The third-order valence-electron chi connectivity index (χ3n) is 5.04. The second kappa shape index (κ2) is 11.7. The van der Waals surface area contributed by atoms with Crippen LogP contribution < -0.4 is 5.32 Å². The van der Waals surface area contributed by atoms with Gasteiger partial charge >= 0.3 is 0 Å². The number of hydrogen-bond acceptors (Lipinski definition) is 3. The Kier molecular flexibility index (Phi) is 9.26. The number of benzene rings is 2. The molecule has 0 radical (unpaired) electrons. The van der Waals surface area contributed by atoms with Gasteiger partial charge in [-0.05, 0) is 51.3 Å². The number of amides is 2.